The smallest absolute Gasteiger partial charge is 0.193 e. The minimum absolute atomic E-state index is 0.143. The Hall–Kier alpha value is -2.03. The Morgan fingerprint density at radius 3 is 1.84 bits per heavy atom. The molecule has 0 saturated heterocycles. The van der Waals surface area contributed by atoms with Gasteiger partial charge in [-0.1, -0.05) is 78.1 Å². The van der Waals surface area contributed by atoms with Crippen molar-refractivity contribution in [1.29, 1.82) is 0 Å². The van der Waals surface area contributed by atoms with Gasteiger partial charge in [0.05, 0.1) is 0 Å². The number of carbonyl (C=O) groups excluding carboxylic acids is 1. The monoisotopic (exact) mass is 442 g/mol. The maximum atomic E-state index is 14.3. The van der Waals surface area contributed by atoms with E-state index in [4.69, 9.17) is 0 Å². The minimum atomic E-state index is -0.314. The third kappa shape index (κ3) is 8.84. The van der Waals surface area contributed by atoms with Gasteiger partial charge in [0, 0.05) is 11.1 Å². The van der Waals surface area contributed by atoms with E-state index >= 15 is 0 Å². The van der Waals surface area contributed by atoms with Crippen molar-refractivity contribution >= 4 is 5.78 Å². The maximum absolute atomic E-state index is 14.3. The van der Waals surface area contributed by atoms with Gasteiger partial charge in [-0.2, -0.15) is 0 Å². The van der Waals surface area contributed by atoms with E-state index in [0.717, 1.165) is 31.2 Å². The number of halogens is 2. The average molecular weight is 443 g/mol. The summed E-state index contributed by atoms with van der Waals surface area (Å²) in [4.78, 5) is 13.2. The summed E-state index contributed by atoms with van der Waals surface area (Å²) in [6, 6.07) is 9.07. The van der Waals surface area contributed by atoms with Crippen LogP contribution in [0.5, 0.6) is 0 Å². The number of benzene rings is 2. The van der Waals surface area contributed by atoms with Crippen LogP contribution in [-0.4, -0.2) is 5.78 Å². The molecule has 0 unspecified atom stereocenters. The zero-order chi connectivity index (χ0) is 23.2. The van der Waals surface area contributed by atoms with Gasteiger partial charge in [-0.25, -0.2) is 8.78 Å². The molecule has 0 aliphatic heterocycles. The summed E-state index contributed by atoms with van der Waals surface area (Å²) in [6.45, 7) is 4.39. The molecule has 0 heterocycles. The molecule has 0 spiro atoms. The topological polar surface area (TPSA) is 17.1 Å². The number of hydrogen-bond acceptors (Lipinski definition) is 1. The van der Waals surface area contributed by atoms with Crippen LogP contribution in [-0.2, 0) is 12.8 Å². The van der Waals surface area contributed by atoms with Gasteiger partial charge in [0.15, 0.2) is 5.78 Å². The molecule has 0 amide bonds. The number of hydrogen-bond donors (Lipinski definition) is 0. The predicted molar refractivity (Wildman–Crippen MR) is 130 cm³/mol. The van der Waals surface area contributed by atoms with E-state index in [1.54, 1.807) is 18.2 Å². The van der Waals surface area contributed by atoms with Crippen LogP contribution in [0.15, 0.2) is 36.4 Å². The molecule has 0 radical (unpaired) electrons. The van der Waals surface area contributed by atoms with Crippen LogP contribution in [0.25, 0.3) is 0 Å². The number of ketones is 1. The highest BCUT2D eigenvalue weighted by atomic mass is 19.1. The Kier molecular flexibility index (Phi) is 12.2. The van der Waals surface area contributed by atoms with Crippen LogP contribution >= 0.6 is 0 Å². The third-order valence-electron chi connectivity index (χ3n) is 6.22. The van der Waals surface area contributed by atoms with E-state index in [9.17, 15) is 13.6 Å². The van der Waals surface area contributed by atoms with Crippen molar-refractivity contribution in [2.45, 2.75) is 104 Å². The fourth-order valence-corrected chi connectivity index (χ4v) is 4.25. The van der Waals surface area contributed by atoms with Gasteiger partial charge in [-0.05, 0) is 73.2 Å². The van der Waals surface area contributed by atoms with E-state index < -0.39 is 0 Å². The van der Waals surface area contributed by atoms with Crippen molar-refractivity contribution in [2.75, 3.05) is 0 Å². The molecule has 3 heteroatoms. The first kappa shape index (κ1) is 26.2. The lowest BCUT2D eigenvalue weighted by atomic mass is 9.93. The molecular formula is C29H40F2O. The van der Waals surface area contributed by atoms with Gasteiger partial charge in [0.2, 0.25) is 0 Å². The highest BCUT2D eigenvalue weighted by Crippen LogP contribution is 2.22. The van der Waals surface area contributed by atoms with Gasteiger partial charge in [-0.15, -0.1) is 0 Å². The summed E-state index contributed by atoms with van der Waals surface area (Å²) >= 11 is 0. The standard InChI is InChI=1S/C29H40F2O/c1-3-5-7-9-11-13-15-23-22-26(30)18-19-27(23)29(32)25-17-20-28(31)24(21-25)16-14-12-10-8-6-4-2/h17-22H,3-16H2,1-2H3. The first-order valence-corrected chi connectivity index (χ1v) is 12.7. The average Bonchev–Trinajstić information content (AvgIpc) is 2.79. The largest absolute Gasteiger partial charge is 0.289 e. The molecule has 2 aromatic carbocycles. The Morgan fingerprint density at radius 2 is 1.22 bits per heavy atom. The molecule has 0 fully saturated rings. The molecule has 32 heavy (non-hydrogen) atoms. The molecule has 0 aromatic heterocycles. The van der Waals surface area contributed by atoms with Crippen molar-refractivity contribution in [3.63, 3.8) is 0 Å². The molecule has 2 aromatic rings. The van der Waals surface area contributed by atoms with Crippen molar-refractivity contribution in [1.82, 2.24) is 0 Å². The maximum Gasteiger partial charge on any atom is 0.193 e. The van der Waals surface area contributed by atoms with E-state index in [1.807, 2.05) is 0 Å². The van der Waals surface area contributed by atoms with Crippen LogP contribution in [0.4, 0.5) is 8.78 Å². The normalized spacial score (nSPS) is 11.1. The van der Waals surface area contributed by atoms with Crippen LogP contribution in [0.3, 0.4) is 0 Å². The lowest BCUT2D eigenvalue weighted by Crippen LogP contribution is -2.08. The molecule has 1 nitrogen and oxygen atoms in total. The number of rotatable bonds is 16. The fourth-order valence-electron chi connectivity index (χ4n) is 4.25. The third-order valence-corrected chi connectivity index (χ3v) is 6.22. The van der Waals surface area contributed by atoms with E-state index in [-0.39, 0.29) is 17.4 Å². The molecule has 176 valence electrons. The Balaban J connectivity index is 2.03. The lowest BCUT2D eigenvalue weighted by molar-refractivity contribution is 0.103. The summed E-state index contributed by atoms with van der Waals surface area (Å²) in [5, 5.41) is 0. The number of aryl methyl sites for hydroxylation is 2. The molecule has 0 N–H and O–H groups in total. The summed E-state index contributed by atoms with van der Waals surface area (Å²) in [7, 11) is 0. The van der Waals surface area contributed by atoms with Gasteiger partial charge < -0.3 is 0 Å². The minimum Gasteiger partial charge on any atom is -0.289 e. The second kappa shape index (κ2) is 14.9. The zero-order valence-electron chi connectivity index (χ0n) is 20.0. The highest BCUT2D eigenvalue weighted by Gasteiger charge is 2.16. The van der Waals surface area contributed by atoms with E-state index in [2.05, 4.69) is 13.8 Å². The van der Waals surface area contributed by atoms with Gasteiger partial charge >= 0.3 is 0 Å². The summed E-state index contributed by atoms with van der Waals surface area (Å²) in [5.74, 6) is -0.706. The first-order valence-electron chi connectivity index (χ1n) is 12.7. The summed E-state index contributed by atoms with van der Waals surface area (Å²) in [5.41, 5.74) is 2.39. The quantitative estimate of drug-likeness (QED) is 0.187. The van der Waals surface area contributed by atoms with E-state index in [1.165, 1.54) is 69.6 Å². The zero-order valence-corrected chi connectivity index (χ0v) is 20.0. The van der Waals surface area contributed by atoms with Crippen LogP contribution in [0.1, 0.15) is 118 Å². The van der Waals surface area contributed by atoms with E-state index in [0.29, 0.717) is 29.5 Å². The molecule has 0 atom stereocenters. The molecule has 0 aliphatic rings. The van der Waals surface area contributed by atoms with Crippen LogP contribution < -0.4 is 0 Å². The van der Waals surface area contributed by atoms with Crippen molar-refractivity contribution in [3.05, 3.63) is 70.3 Å². The summed E-state index contributed by atoms with van der Waals surface area (Å²) in [6.07, 6.45) is 15.1. The molecule has 0 saturated carbocycles. The Bertz CT molecular complexity index is 828. The van der Waals surface area contributed by atoms with Crippen LogP contribution in [0, 0.1) is 11.6 Å². The Morgan fingerprint density at radius 1 is 0.656 bits per heavy atom. The molecule has 0 bridgehead atoms. The lowest BCUT2D eigenvalue weighted by Gasteiger charge is -2.11. The molecule has 0 aliphatic carbocycles. The first-order chi connectivity index (χ1) is 15.6. The van der Waals surface area contributed by atoms with Gasteiger partial charge in [-0.3, -0.25) is 4.79 Å². The van der Waals surface area contributed by atoms with Gasteiger partial charge in [0.1, 0.15) is 11.6 Å². The second-order valence-electron chi connectivity index (χ2n) is 8.97. The SMILES string of the molecule is CCCCCCCCc1cc(C(=O)c2ccc(F)cc2CCCCCCCC)ccc1F. The highest BCUT2D eigenvalue weighted by molar-refractivity contribution is 6.10. The fraction of sp³-hybridized carbons (Fsp3) is 0.552. The second-order valence-corrected chi connectivity index (χ2v) is 8.97. The van der Waals surface area contributed by atoms with Crippen molar-refractivity contribution in [2.24, 2.45) is 0 Å². The van der Waals surface area contributed by atoms with Crippen molar-refractivity contribution < 1.29 is 13.6 Å². The predicted octanol–water partition coefficient (Wildman–Crippen LogP) is 9.00. The molecular weight excluding hydrogens is 402 g/mol. The summed E-state index contributed by atoms with van der Waals surface area (Å²) < 4.78 is 28.2. The number of unbranched alkanes of at least 4 members (excludes halogenated alkanes) is 10. The van der Waals surface area contributed by atoms with Gasteiger partial charge in [0.25, 0.3) is 0 Å². The van der Waals surface area contributed by atoms with Crippen LogP contribution in [0.2, 0.25) is 0 Å². The molecule has 2 rings (SSSR count). The Labute approximate surface area is 193 Å². The van der Waals surface area contributed by atoms with Crippen molar-refractivity contribution in [3.8, 4) is 0 Å². The number of carbonyl (C=O) groups is 1.